The van der Waals surface area contributed by atoms with E-state index in [2.05, 4.69) is 6.07 Å². The first-order valence-electron chi connectivity index (χ1n) is 4.60. The van der Waals surface area contributed by atoms with Crippen molar-refractivity contribution in [3.8, 4) is 0 Å². The van der Waals surface area contributed by atoms with E-state index in [0.717, 1.165) is 5.56 Å². The van der Waals surface area contributed by atoms with Crippen molar-refractivity contribution < 1.29 is 5.11 Å². The molecule has 0 aliphatic carbocycles. The summed E-state index contributed by atoms with van der Waals surface area (Å²) < 4.78 is 0. The Hall–Kier alpha value is -0.860. The predicted octanol–water partition coefficient (Wildman–Crippen LogP) is 1.69. The van der Waals surface area contributed by atoms with Crippen LogP contribution in [0.1, 0.15) is 29.2 Å². The van der Waals surface area contributed by atoms with Gasteiger partial charge in [0.2, 0.25) is 0 Å². The summed E-state index contributed by atoms with van der Waals surface area (Å²) in [6, 6.07) is 6.11. The standard InChI is InChI=1S/C11H17NO/c1-8-5-9(2)7-10(6-8)11(13)3-4-12/h5-7,11,13H,3-4,12H2,1-2H3/t11-/m1/s1. The van der Waals surface area contributed by atoms with Crippen LogP contribution in [0.4, 0.5) is 0 Å². The largest absolute Gasteiger partial charge is 0.388 e. The fourth-order valence-electron chi connectivity index (χ4n) is 1.53. The molecule has 2 heteroatoms. The lowest BCUT2D eigenvalue weighted by Gasteiger charge is -2.11. The number of hydrogen-bond donors (Lipinski definition) is 2. The molecule has 0 spiro atoms. The van der Waals surface area contributed by atoms with E-state index in [1.807, 2.05) is 26.0 Å². The van der Waals surface area contributed by atoms with E-state index in [1.165, 1.54) is 11.1 Å². The van der Waals surface area contributed by atoms with E-state index in [4.69, 9.17) is 5.73 Å². The molecule has 3 N–H and O–H groups in total. The Morgan fingerprint density at radius 3 is 2.23 bits per heavy atom. The Morgan fingerprint density at radius 2 is 1.77 bits per heavy atom. The summed E-state index contributed by atoms with van der Waals surface area (Å²) >= 11 is 0. The van der Waals surface area contributed by atoms with Crippen LogP contribution in [0.3, 0.4) is 0 Å². The smallest absolute Gasteiger partial charge is 0.0802 e. The first-order valence-corrected chi connectivity index (χ1v) is 4.60. The molecule has 0 heterocycles. The molecule has 2 nitrogen and oxygen atoms in total. The molecule has 0 bridgehead atoms. The zero-order chi connectivity index (χ0) is 9.84. The number of aliphatic hydroxyl groups excluding tert-OH is 1. The molecule has 0 amide bonds. The van der Waals surface area contributed by atoms with Gasteiger partial charge in [0.1, 0.15) is 0 Å². The molecule has 1 atom stereocenters. The normalized spacial score (nSPS) is 12.9. The minimum atomic E-state index is -0.413. The van der Waals surface area contributed by atoms with Crippen molar-refractivity contribution in [3.05, 3.63) is 34.9 Å². The van der Waals surface area contributed by atoms with Gasteiger partial charge in [0.25, 0.3) is 0 Å². The maximum atomic E-state index is 9.69. The number of aliphatic hydroxyl groups is 1. The van der Waals surface area contributed by atoms with Gasteiger partial charge in [-0.15, -0.1) is 0 Å². The van der Waals surface area contributed by atoms with Crippen LogP contribution in [0.2, 0.25) is 0 Å². The Kier molecular flexibility index (Phi) is 3.46. The lowest BCUT2D eigenvalue weighted by molar-refractivity contribution is 0.170. The molecule has 1 aromatic carbocycles. The Balaban J connectivity index is 2.87. The van der Waals surface area contributed by atoms with Gasteiger partial charge >= 0.3 is 0 Å². The quantitative estimate of drug-likeness (QED) is 0.741. The highest BCUT2D eigenvalue weighted by atomic mass is 16.3. The molecule has 1 aromatic rings. The van der Waals surface area contributed by atoms with Crippen LogP contribution in [-0.2, 0) is 0 Å². The van der Waals surface area contributed by atoms with Gasteiger partial charge in [-0.25, -0.2) is 0 Å². The molecule has 72 valence electrons. The first-order chi connectivity index (χ1) is 6.13. The molecular formula is C11H17NO. The summed E-state index contributed by atoms with van der Waals surface area (Å²) in [6.07, 6.45) is 0.215. The Morgan fingerprint density at radius 1 is 1.23 bits per heavy atom. The number of aryl methyl sites for hydroxylation is 2. The van der Waals surface area contributed by atoms with Gasteiger partial charge in [0, 0.05) is 0 Å². The summed E-state index contributed by atoms with van der Waals surface area (Å²) in [5, 5.41) is 9.69. The maximum absolute atomic E-state index is 9.69. The van der Waals surface area contributed by atoms with Crippen LogP contribution in [0, 0.1) is 13.8 Å². The lowest BCUT2D eigenvalue weighted by Crippen LogP contribution is -2.07. The van der Waals surface area contributed by atoms with E-state index < -0.39 is 6.10 Å². The van der Waals surface area contributed by atoms with Crippen molar-refractivity contribution in [2.45, 2.75) is 26.4 Å². The minimum absolute atomic E-state index is 0.413. The van der Waals surface area contributed by atoms with E-state index in [1.54, 1.807) is 0 Å². The fraction of sp³-hybridized carbons (Fsp3) is 0.455. The van der Waals surface area contributed by atoms with Gasteiger partial charge < -0.3 is 10.8 Å². The van der Waals surface area contributed by atoms with Crippen LogP contribution in [0.5, 0.6) is 0 Å². The van der Waals surface area contributed by atoms with Crippen molar-refractivity contribution in [2.75, 3.05) is 6.54 Å². The van der Waals surface area contributed by atoms with Crippen molar-refractivity contribution in [3.63, 3.8) is 0 Å². The molecule has 0 aliphatic heterocycles. The number of hydrogen-bond acceptors (Lipinski definition) is 2. The molecule has 1 rings (SSSR count). The van der Waals surface area contributed by atoms with Crippen molar-refractivity contribution >= 4 is 0 Å². The third kappa shape index (κ3) is 2.83. The van der Waals surface area contributed by atoms with Crippen molar-refractivity contribution in [1.82, 2.24) is 0 Å². The topological polar surface area (TPSA) is 46.2 Å². The first kappa shape index (κ1) is 10.2. The lowest BCUT2D eigenvalue weighted by atomic mass is 10.0. The van der Waals surface area contributed by atoms with Gasteiger partial charge in [-0.1, -0.05) is 29.3 Å². The second-order valence-corrected chi connectivity index (χ2v) is 3.51. The zero-order valence-electron chi connectivity index (χ0n) is 8.25. The summed E-state index contributed by atoms with van der Waals surface area (Å²) in [5.41, 5.74) is 8.73. The summed E-state index contributed by atoms with van der Waals surface area (Å²) in [6.45, 7) is 4.59. The van der Waals surface area contributed by atoms with Gasteiger partial charge in [0.15, 0.2) is 0 Å². The number of benzene rings is 1. The van der Waals surface area contributed by atoms with E-state index in [0.29, 0.717) is 13.0 Å². The Bertz CT molecular complexity index is 263. The van der Waals surface area contributed by atoms with Crippen LogP contribution in [0.15, 0.2) is 18.2 Å². The molecule has 0 aliphatic rings. The molecule has 0 fully saturated rings. The molecule has 13 heavy (non-hydrogen) atoms. The Labute approximate surface area is 79.4 Å². The number of rotatable bonds is 3. The second kappa shape index (κ2) is 4.40. The number of nitrogens with two attached hydrogens (primary N) is 1. The summed E-state index contributed by atoms with van der Waals surface area (Å²) in [5.74, 6) is 0. The maximum Gasteiger partial charge on any atom is 0.0802 e. The van der Waals surface area contributed by atoms with E-state index in [-0.39, 0.29) is 0 Å². The zero-order valence-corrected chi connectivity index (χ0v) is 8.25. The van der Waals surface area contributed by atoms with Gasteiger partial charge in [-0.2, -0.15) is 0 Å². The summed E-state index contributed by atoms with van der Waals surface area (Å²) in [4.78, 5) is 0. The van der Waals surface area contributed by atoms with Crippen molar-refractivity contribution in [1.29, 1.82) is 0 Å². The predicted molar refractivity (Wildman–Crippen MR) is 54.5 cm³/mol. The second-order valence-electron chi connectivity index (χ2n) is 3.51. The fourth-order valence-corrected chi connectivity index (χ4v) is 1.53. The molecule has 0 radical (unpaired) electrons. The van der Waals surface area contributed by atoms with Gasteiger partial charge in [0.05, 0.1) is 6.10 Å². The average molecular weight is 179 g/mol. The van der Waals surface area contributed by atoms with Crippen LogP contribution in [-0.4, -0.2) is 11.7 Å². The molecule has 0 saturated carbocycles. The third-order valence-corrected chi connectivity index (χ3v) is 2.07. The van der Waals surface area contributed by atoms with Crippen LogP contribution >= 0.6 is 0 Å². The van der Waals surface area contributed by atoms with Crippen molar-refractivity contribution in [2.24, 2.45) is 5.73 Å². The molecule has 0 aromatic heterocycles. The SMILES string of the molecule is Cc1cc(C)cc([C@H](O)CCN)c1. The highest BCUT2D eigenvalue weighted by Crippen LogP contribution is 2.18. The molecular weight excluding hydrogens is 162 g/mol. The minimum Gasteiger partial charge on any atom is -0.388 e. The average Bonchev–Trinajstić information content (AvgIpc) is 2.03. The van der Waals surface area contributed by atoms with E-state index in [9.17, 15) is 5.11 Å². The third-order valence-electron chi connectivity index (χ3n) is 2.07. The summed E-state index contributed by atoms with van der Waals surface area (Å²) in [7, 11) is 0. The van der Waals surface area contributed by atoms with Crippen LogP contribution in [0.25, 0.3) is 0 Å². The van der Waals surface area contributed by atoms with E-state index >= 15 is 0 Å². The van der Waals surface area contributed by atoms with Gasteiger partial charge in [-0.05, 0) is 32.4 Å². The molecule has 0 saturated heterocycles. The van der Waals surface area contributed by atoms with Gasteiger partial charge in [-0.3, -0.25) is 0 Å². The molecule has 0 unspecified atom stereocenters. The monoisotopic (exact) mass is 179 g/mol. The highest BCUT2D eigenvalue weighted by Gasteiger charge is 2.06. The highest BCUT2D eigenvalue weighted by molar-refractivity contribution is 5.29. The van der Waals surface area contributed by atoms with Crippen LogP contribution < -0.4 is 5.73 Å².